The molecule has 3 N–H and O–H groups in total. The Balaban J connectivity index is 1.41. The molecular weight excluding hydrogens is 652 g/mol. The largest absolute Gasteiger partial charge is 0.494 e. The molecule has 6 rings (SSSR count). The van der Waals surface area contributed by atoms with Crippen LogP contribution in [0.1, 0.15) is 11.7 Å². The Labute approximate surface area is 261 Å². The van der Waals surface area contributed by atoms with Crippen LogP contribution in [0, 0.1) is 5.82 Å². The van der Waals surface area contributed by atoms with E-state index in [4.69, 9.17) is 9.47 Å². The summed E-state index contributed by atoms with van der Waals surface area (Å²) < 4.78 is 43.8. The van der Waals surface area contributed by atoms with Crippen molar-refractivity contribution in [3.8, 4) is 16.9 Å². The standard InChI is InChI=1S/C29H30BrFN9O3P/c1-40-15-16(12-36-40)23-17(22-14-32-9-10-43-22)11-21(42-2)26(24(23)31)38-29-35-13-18(30)28(39-29)37-20-6-5-19-25(34-8-7-33-19)27(20)44(3,4)41/h5-8,11-13,15,22,32H,9-10,14H2,1-4H3,(H2,35,37,38,39). The summed E-state index contributed by atoms with van der Waals surface area (Å²) in [6.07, 6.45) is 7.67. The number of aromatic nitrogens is 6. The second-order valence-corrected chi connectivity index (χ2v) is 14.6. The normalized spacial score (nSPS) is 15.4. The van der Waals surface area contributed by atoms with Gasteiger partial charge in [0.1, 0.15) is 29.9 Å². The molecule has 1 unspecified atom stereocenters. The molecule has 3 aromatic heterocycles. The number of morpholine rings is 1. The highest BCUT2D eigenvalue weighted by Gasteiger charge is 2.28. The van der Waals surface area contributed by atoms with Crippen molar-refractivity contribution in [2.75, 3.05) is 50.8 Å². The lowest BCUT2D eigenvalue weighted by atomic mass is 9.95. The summed E-state index contributed by atoms with van der Waals surface area (Å²) >= 11 is 3.50. The zero-order valence-electron chi connectivity index (χ0n) is 24.4. The summed E-state index contributed by atoms with van der Waals surface area (Å²) in [4.78, 5) is 17.8. The summed E-state index contributed by atoms with van der Waals surface area (Å²) in [6.45, 7) is 5.10. The van der Waals surface area contributed by atoms with Gasteiger partial charge in [-0.2, -0.15) is 10.1 Å². The van der Waals surface area contributed by atoms with Crippen molar-refractivity contribution in [3.05, 3.63) is 65.0 Å². The average molecular weight is 682 g/mol. The number of methoxy groups -OCH3 is 1. The Bertz CT molecular complexity index is 1910. The van der Waals surface area contributed by atoms with E-state index in [0.29, 0.717) is 62.2 Å². The molecule has 0 bridgehead atoms. The zero-order chi connectivity index (χ0) is 31.0. The molecule has 12 nitrogen and oxygen atoms in total. The number of ether oxygens (including phenoxy) is 2. The third-order valence-corrected chi connectivity index (χ3v) is 9.24. The van der Waals surface area contributed by atoms with Crippen LogP contribution in [0.3, 0.4) is 0 Å². The fraction of sp³-hybridized carbons (Fsp3) is 0.276. The Hall–Kier alpha value is -3.97. The predicted octanol–water partition coefficient (Wildman–Crippen LogP) is 5.13. The van der Waals surface area contributed by atoms with Gasteiger partial charge < -0.3 is 30.0 Å². The molecule has 0 aliphatic carbocycles. The van der Waals surface area contributed by atoms with Crippen molar-refractivity contribution in [1.29, 1.82) is 0 Å². The molecular formula is C29H30BrFN9O3P. The molecule has 1 aliphatic heterocycles. The fourth-order valence-corrected chi connectivity index (χ4v) is 6.89. The van der Waals surface area contributed by atoms with Gasteiger partial charge in [0.15, 0.2) is 5.82 Å². The van der Waals surface area contributed by atoms with E-state index in [0.717, 1.165) is 6.54 Å². The Kier molecular flexibility index (Phi) is 8.34. The van der Waals surface area contributed by atoms with E-state index < -0.39 is 13.0 Å². The molecule has 0 amide bonds. The molecule has 4 heterocycles. The van der Waals surface area contributed by atoms with Crippen LogP contribution in [0.5, 0.6) is 5.75 Å². The van der Waals surface area contributed by atoms with Crippen LogP contribution in [0.25, 0.3) is 22.2 Å². The quantitative estimate of drug-likeness (QED) is 0.188. The molecule has 2 aromatic carbocycles. The number of nitrogens with zero attached hydrogens (tertiary/aromatic N) is 6. The minimum atomic E-state index is -2.81. The van der Waals surface area contributed by atoms with E-state index in [1.54, 1.807) is 68.0 Å². The van der Waals surface area contributed by atoms with Gasteiger partial charge in [-0.25, -0.2) is 9.37 Å². The highest BCUT2D eigenvalue weighted by atomic mass is 79.9. The summed E-state index contributed by atoms with van der Waals surface area (Å²) in [5.41, 5.74) is 3.36. The van der Waals surface area contributed by atoms with Crippen LogP contribution in [0.2, 0.25) is 0 Å². The van der Waals surface area contributed by atoms with E-state index in [1.807, 2.05) is 0 Å². The lowest BCUT2D eigenvalue weighted by Gasteiger charge is -2.27. The molecule has 0 radical (unpaired) electrons. The molecule has 228 valence electrons. The van der Waals surface area contributed by atoms with E-state index in [1.165, 1.54) is 13.3 Å². The molecule has 1 fully saturated rings. The second-order valence-electron chi connectivity index (χ2n) is 10.6. The summed E-state index contributed by atoms with van der Waals surface area (Å²) in [5, 5.41) is 14.4. The molecule has 1 aliphatic rings. The number of fused-ring (bicyclic) bond motifs is 1. The van der Waals surface area contributed by atoms with Crippen LogP contribution < -0.4 is 26.0 Å². The molecule has 1 saturated heterocycles. The van der Waals surface area contributed by atoms with E-state index in [2.05, 4.69) is 56.9 Å². The van der Waals surface area contributed by atoms with Crippen LogP contribution in [-0.2, 0) is 16.3 Å². The van der Waals surface area contributed by atoms with Crippen LogP contribution in [0.15, 0.2) is 53.7 Å². The van der Waals surface area contributed by atoms with E-state index >= 15 is 4.39 Å². The fourth-order valence-electron chi connectivity index (χ4n) is 5.21. The summed E-state index contributed by atoms with van der Waals surface area (Å²) in [5.74, 6) is 0.168. The van der Waals surface area contributed by atoms with Gasteiger partial charge in [-0.05, 0) is 53.0 Å². The third kappa shape index (κ3) is 5.90. The first-order valence-corrected chi connectivity index (χ1v) is 17.1. The maximum Gasteiger partial charge on any atom is 0.229 e. The van der Waals surface area contributed by atoms with Crippen molar-refractivity contribution < 1.29 is 18.4 Å². The molecule has 1 atom stereocenters. The Morgan fingerprint density at radius 3 is 2.70 bits per heavy atom. The first-order valence-electron chi connectivity index (χ1n) is 13.7. The van der Waals surface area contributed by atoms with Crippen molar-refractivity contribution >= 4 is 62.6 Å². The topological polar surface area (TPSA) is 141 Å². The lowest BCUT2D eigenvalue weighted by Crippen LogP contribution is -2.33. The second kappa shape index (κ2) is 12.2. The number of anilines is 4. The third-order valence-electron chi connectivity index (χ3n) is 7.13. The molecule has 15 heteroatoms. The number of hydrogen-bond acceptors (Lipinski definition) is 11. The number of benzene rings is 2. The van der Waals surface area contributed by atoms with Crippen molar-refractivity contribution in [2.24, 2.45) is 7.05 Å². The smallest absolute Gasteiger partial charge is 0.229 e. The zero-order valence-corrected chi connectivity index (χ0v) is 26.9. The van der Waals surface area contributed by atoms with E-state index in [-0.39, 0.29) is 23.5 Å². The molecule has 5 aromatic rings. The van der Waals surface area contributed by atoms with Gasteiger partial charge in [-0.1, -0.05) is 0 Å². The number of halogens is 2. The average Bonchev–Trinajstić information content (AvgIpc) is 3.44. The van der Waals surface area contributed by atoms with Gasteiger partial charge in [-0.15, -0.1) is 0 Å². The van der Waals surface area contributed by atoms with Gasteiger partial charge in [0.25, 0.3) is 0 Å². The van der Waals surface area contributed by atoms with Gasteiger partial charge in [-0.3, -0.25) is 14.6 Å². The van der Waals surface area contributed by atoms with Crippen LogP contribution in [-0.4, -0.2) is 69.9 Å². The minimum Gasteiger partial charge on any atom is -0.494 e. The number of hydrogen-bond donors (Lipinski definition) is 3. The lowest BCUT2D eigenvalue weighted by molar-refractivity contribution is 0.0278. The van der Waals surface area contributed by atoms with Gasteiger partial charge in [0.2, 0.25) is 5.95 Å². The first kappa shape index (κ1) is 30.1. The number of nitrogens with one attached hydrogen (secondary N) is 3. The molecule has 0 spiro atoms. The highest BCUT2D eigenvalue weighted by Crippen LogP contribution is 2.43. The van der Waals surface area contributed by atoms with Crippen molar-refractivity contribution in [2.45, 2.75) is 6.10 Å². The SMILES string of the molecule is COc1cc(C2CNCCO2)c(-c2cnn(C)c2)c(F)c1Nc1ncc(Br)c(Nc2ccc3nccnc3c2P(C)(C)=O)n1. The van der Waals surface area contributed by atoms with Gasteiger partial charge in [0.05, 0.1) is 47.0 Å². The Morgan fingerprint density at radius 1 is 1.18 bits per heavy atom. The maximum atomic E-state index is 16.6. The van der Waals surface area contributed by atoms with Crippen LogP contribution >= 0.6 is 23.1 Å². The Morgan fingerprint density at radius 2 is 2.00 bits per heavy atom. The van der Waals surface area contributed by atoms with Crippen molar-refractivity contribution in [3.63, 3.8) is 0 Å². The highest BCUT2D eigenvalue weighted by molar-refractivity contribution is 9.10. The molecule has 44 heavy (non-hydrogen) atoms. The molecule has 0 saturated carbocycles. The van der Waals surface area contributed by atoms with Crippen molar-refractivity contribution in [1.82, 2.24) is 35.0 Å². The number of aryl methyl sites for hydroxylation is 1. The summed E-state index contributed by atoms with van der Waals surface area (Å²) in [7, 11) is 0.433. The number of rotatable bonds is 8. The predicted molar refractivity (Wildman–Crippen MR) is 172 cm³/mol. The monoisotopic (exact) mass is 681 g/mol. The summed E-state index contributed by atoms with van der Waals surface area (Å²) in [6, 6.07) is 5.36. The first-order chi connectivity index (χ1) is 21.1. The van der Waals surface area contributed by atoms with E-state index in [9.17, 15) is 4.57 Å². The maximum absolute atomic E-state index is 16.6. The minimum absolute atomic E-state index is 0.0560. The van der Waals surface area contributed by atoms with Gasteiger partial charge >= 0.3 is 0 Å². The van der Waals surface area contributed by atoms with Gasteiger partial charge in [0, 0.05) is 56.1 Å². The van der Waals surface area contributed by atoms with Crippen LogP contribution in [0.4, 0.5) is 27.5 Å².